The lowest BCUT2D eigenvalue weighted by Crippen LogP contribution is -2.26. The third-order valence-electron chi connectivity index (χ3n) is 3.86. The number of fused-ring (bicyclic) bond motifs is 1. The van der Waals surface area contributed by atoms with Crippen LogP contribution in [0.4, 0.5) is 0 Å². The number of benzene rings is 1. The summed E-state index contributed by atoms with van der Waals surface area (Å²) >= 11 is 3.44. The molecule has 0 saturated heterocycles. The zero-order chi connectivity index (χ0) is 20.6. The maximum atomic E-state index is 12.9. The molecule has 0 aliphatic rings. The molecule has 1 aromatic heterocycles. The number of ether oxygens (including phenoxy) is 1. The highest BCUT2D eigenvalue weighted by Gasteiger charge is 2.25. The molecule has 6 nitrogen and oxygen atoms in total. The molecule has 1 aromatic carbocycles. The molecule has 0 spiro atoms. The fourth-order valence-corrected chi connectivity index (χ4v) is 5.60. The molecule has 0 saturated carbocycles. The van der Waals surface area contributed by atoms with Crippen molar-refractivity contribution in [3.63, 3.8) is 0 Å². The number of hydrogen-bond acceptors (Lipinski definition) is 5. The van der Waals surface area contributed by atoms with Crippen molar-refractivity contribution in [3.05, 3.63) is 28.4 Å². The van der Waals surface area contributed by atoms with Crippen molar-refractivity contribution in [2.75, 3.05) is 13.3 Å². The van der Waals surface area contributed by atoms with Gasteiger partial charge >= 0.3 is 5.97 Å². The van der Waals surface area contributed by atoms with E-state index in [4.69, 9.17) is 9.26 Å². The molecular formula is C19H25BrNO5P. The van der Waals surface area contributed by atoms with Gasteiger partial charge in [-0.15, -0.1) is 0 Å². The van der Waals surface area contributed by atoms with E-state index >= 15 is 0 Å². The number of aromatic nitrogens is 1. The predicted molar refractivity (Wildman–Crippen MR) is 110 cm³/mol. The quantitative estimate of drug-likeness (QED) is 0.362. The minimum atomic E-state index is -3.05. The van der Waals surface area contributed by atoms with Crippen molar-refractivity contribution in [2.24, 2.45) is 0 Å². The van der Waals surface area contributed by atoms with E-state index in [0.29, 0.717) is 32.9 Å². The molecule has 0 radical (unpaired) electrons. The number of carbonyl (C=O) groups is 2. The van der Waals surface area contributed by atoms with Crippen LogP contribution in [0.25, 0.3) is 10.9 Å². The summed E-state index contributed by atoms with van der Waals surface area (Å²) in [6.45, 7) is 10.5. The molecule has 0 amide bonds. The van der Waals surface area contributed by atoms with Gasteiger partial charge in [0.05, 0.1) is 17.4 Å². The van der Waals surface area contributed by atoms with Crippen LogP contribution in [0.15, 0.2) is 22.8 Å². The summed E-state index contributed by atoms with van der Waals surface area (Å²) < 4.78 is 26.0. The summed E-state index contributed by atoms with van der Waals surface area (Å²) in [5.74, 6) is -0.532. The van der Waals surface area contributed by atoms with Crippen LogP contribution in [0.3, 0.4) is 0 Å². The standard InChI is InChI=1S/C19H25BrNO5P/c1-7-25-27(6,24)17-9-16-13(8-15(17)20)14(12(2)22)10-21(16)11-18(23)26-19(3,4)5/h8-10H,7,11H2,1-6H3. The molecule has 0 N–H and O–H groups in total. The van der Waals surface area contributed by atoms with Gasteiger partial charge in [0.15, 0.2) is 5.78 Å². The molecule has 0 bridgehead atoms. The second-order valence-corrected chi connectivity index (χ2v) is 10.7. The van der Waals surface area contributed by atoms with E-state index in [-0.39, 0.29) is 12.3 Å². The fourth-order valence-electron chi connectivity index (χ4n) is 2.85. The van der Waals surface area contributed by atoms with Gasteiger partial charge in [0.2, 0.25) is 7.37 Å². The summed E-state index contributed by atoms with van der Waals surface area (Å²) in [5.41, 5.74) is 0.514. The van der Waals surface area contributed by atoms with Crippen LogP contribution in [-0.4, -0.2) is 35.2 Å². The van der Waals surface area contributed by atoms with Gasteiger partial charge in [-0.3, -0.25) is 14.2 Å². The Morgan fingerprint density at radius 2 is 1.89 bits per heavy atom. The second-order valence-electron chi connectivity index (χ2n) is 7.40. The SMILES string of the molecule is CCOP(C)(=O)c1cc2c(cc1Br)c(C(C)=O)cn2CC(=O)OC(C)(C)C. The van der Waals surface area contributed by atoms with Gasteiger partial charge in [-0.05, 0) is 62.7 Å². The number of carbonyl (C=O) groups excluding carboxylic acids is 2. The smallest absolute Gasteiger partial charge is 0.326 e. The Morgan fingerprint density at radius 3 is 2.41 bits per heavy atom. The third kappa shape index (κ3) is 5.09. The van der Waals surface area contributed by atoms with Crippen LogP contribution in [0.2, 0.25) is 0 Å². The first kappa shape index (κ1) is 21.9. The van der Waals surface area contributed by atoms with Crippen LogP contribution in [0.1, 0.15) is 45.0 Å². The van der Waals surface area contributed by atoms with Crippen LogP contribution in [-0.2, 0) is 25.2 Å². The molecule has 8 heteroatoms. The number of nitrogens with zero attached hydrogens (tertiary/aromatic N) is 1. The summed E-state index contributed by atoms with van der Waals surface area (Å²) in [7, 11) is -3.05. The van der Waals surface area contributed by atoms with Gasteiger partial charge in [0, 0.05) is 28.3 Å². The molecule has 148 valence electrons. The highest BCUT2D eigenvalue weighted by atomic mass is 79.9. The van der Waals surface area contributed by atoms with Crippen molar-refractivity contribution >= 4 is 51.3 Å². The topological polar surface area (TPSA) is 74.6 Å². The lowest BCUT2D eigenvalue weighted by atomic mass is 10.1. The van der Waals surface area contributed by atoms with Crippen molar-refractivity contribution in [1.29, 1.82) is 0 Å². The number of halogens is 1. The molecule has 1 heterocycles. The first-order valence-electron chi connectivity index (χ1n) is 8.63. The van der Waals surface area contributed by atoms with Gasteiger partial charge in [-0.2, -0.15) is 0 Å². The highest BCUT2D eigenvalue weighted by Crippen LogP contribution is 2.44. The molecule has 27 heavy (non-hydrogen) atoms. The monoisotopic (exact) mass is 457 g/mol. The van der Waals surface area contributed by atoms with E-state index in [1.54, 1.807) is 57.3 Å². The molecule has 2 rings (SSSR count). The van der Waals surface area contributed by atoms with Crippen LogP contribution in [0, 0.1) is 0 Å². The molecule has 0 aliphatic heterocycles. The van der Waals surface area contributed by atoms with Crippen molar-refractivity contribution in [2.45, 2.75) is 46.8 Å². The summed E-state index contributed by atoms with van der Waals surface area (Å²) in [5, 5.41) is 1.19. The van der Waals surface area contributed by atoms with Crippen LogP contribution < -0.4 is 5.30 Å². The Morgan fingerprint density at radius 1 is 1.26 bits per heavy atom. The van der Waals surface area contributed by atoms with E-state index < -0.39 is 18.9 Å². The largest absolute Gasteiger partial charge is 0.459 e. The lowest BCUT2D eigenvalue weighted by Gasteiger charge is -2.20. The Bertz CT molecular complexity index is 942. The zero-order valence-electron chi connectivity index (χ0n) is 16.5. The van der Waals surface area contributed by atoms with Crippen molar-refractivity contribution in [1.82, 2.24) is 4.57 Å². The van der Waals surface area contributed by atoms with Gasteiger partial charge in [-0.25, -0.2) is 0 Å². The molecule has 2 aromatic rings. The Labute approximate surface area is 167 Å². The van der Waals surface area contributed by atoms with Crippen LogP contribution >= 0.6 is 23.3 Å². The third-order valence-corrected chi connectivity index (χ3v) is 6.82. The maximum absolute atomic E-state index is 12.9. The Kier molecular flexibility index (Phi) is 6.40. The van der Waals surface area contributed by atoms with E-state index in [2.05, 4.69) is 15.9 Å². The lowest BCUT2D eigenvalue weighted by molar-refractivity contribution is -0.155. The molecule has 1 atom stereocenters. The number of ketones is 1. The summed E-state index contributed by atoms with van der Waals surface area (Å²) in [6.07, 6.45) is 1.63. The van der Waals surface area contributed by atoms with Gasteiger partial charge in [0.25, 0.3) is 0 Å². The average molecular weight is 458 g/mol. The van der Waals surface area contributed by atoms with Crippen molar-refractivity contribution in [3.8, 4) is 0 Å². The first-order valence-corrected chi connectivity index (χ1v) is 11.5. The highest BCUT2D eigenvalue weighted by molar-refractivity contribution is 9.10. The minimum Gasteiger partial charge on any atom is -0.459 e. The van der Waals surface area contributed by atoms with E-state index in [1.165, 1.54) is 6.92 Å². The average Bonchev–Trinajstić information content (AvgIpc) is 2.82. The molecular weight excluding hydrogens is 433 g/mol. The van der Waals surface area contributed by atoms with E-state index in [9.17, 15) is 14.2 Å². The zero-order valence-corrected chi connectivity index (χ0v) is 18.9. The van der Waals surface area contributed by atoms with E-state index in [1.807, 2.05) is 0 Å². The summed E-state index contributed by atoms with van der Waals surface area (Å²) in [6, 6.07) is 3.47. The van der Waals surface area contributed by atoms with Crippen LogP contribution in [0.5, 0.6) is 0 Å². The minimum absolute atomic E-state index is 0.0508. The normalized spacial score (nSPS) is 14.2. The van der Waals surface area contributed by atoms with Gasteiger partial charge in [0.1, 0.15) is 12.1 Å². The number of hydrogen-bond donors (Lipinski definition) is 0. The molecule has 0 aliphatic carbocycles. The number of esters is 1. The maximum Gasteiger partial charge on any atom is 0.326 e. The fraction of sp³-hybridized carbons (Fsp3) is 0.474. The first-order chi connectivity index (χ1) is 12.4. The number of Topliss-reactive ketones (excluding diaryl/α,β-unsaturated/α-hetero) is 1. The Hall–Kier alpha value is -1.43. The van der Waals surface area contributed by atoms with Crippen molar-refractivity contribution < 1.29 is 23.4 Å². The van der Waals surface area contributed by atoms with Gasteiger partial charge in [-0.1, -0.05) is 0 Å². The summed E-state index contributed by atoms with van der Waals surface area (Å²) in [4.78, 5) is 24.3. The Balaban J connectivity index is 2.61. The second kappa shape index (κ2) is 7.90. The molecule has 1 unspecified atom stereocenters. The van der Waals surface area contributed by atoms with Gasteiger partial charge < -0.3 is 13.8 Å². The van der Waals surface area contributed by atoms with E-state index in [0.717, 1.165) is 0 Å². The predicted octanol–water partition coefficient (Wildman–Crippen LogP) is 4.52. The number of rotatable bonds is 6. The molecule has 0 fully saturated rings.